The largest absolute Gasteiger partial charge is 0.328 e. The van der Waals surface area contributed by atoms with Gasteiger partial charge in [-0.05, 0) is 30.9 Å². The van der Waals surface area contributed by atoms with Crippen molar-refractivity contribution in [2.75, 3.05) is 0 Å². The minimum atomic E-state index is 0.201. The molecule has 1 atom stereocenters. The molecule has 2 rings (SSSR count). The molecule has 0 radical (unpaired) electrons. The van der Waals surface area contributed by atoms with E-state index in [0.717, 1.165) is 37.1 Å². The molecule has 3 heteroatoms. The van der Waals surface area contributed by atoms with Crippen molar-refractivity contribution in [3.8, 4) is 0 Å². The smallest absolute Gasteiger partial charge is 0.111 e. The Balaban J connectivity index is 2.28. The highest BCUT2D eigenvalue weighted by Gasteiger charge is 2.14. The lowest BCUT2D eigenvalue weighted by Gasteiger charge is -2.15. The monoisotopic (exact) mass is 259 g/mol. The number of hydrogen-bond acceptors (Lipinski definition) is 2. The number of nitrogens with two attached hydrogens (primary N) is 1. The number of aryl methyl sites for hydroxylation is 1. The van der Waals surface area contributed by atoms with Gasteiger partial charge < -0.3 is 10.3 Å². The number of fused-ring (bicyclic) bond motifs is 1. The molecule has 19 heavy (non-hydrogen) atoms. The standard InChI is InChI=1S/C16H25N3/c1-4-9-19-15-8-6-5-7-14(15)18-16(19)11-13(17)10-12(2)3/h5-8,12-13H,4,9-11,17H2,1-3H3. The average molecular weight is 259 g/mol. The maximum absolute atomic E-state index is 6.24. The van der Waals surface area contributed by atoms with Crippen molar-refractivity contribution in [2.45, 2.75) is 52.6 Å². The quantitative estimate of drug-likeness (QED) is 0.864. The van der Waals surface area contributed by atoms with Crippen LogP contribution in [0, 0.1) is 5.92 Å². The third kappa shape index (κ3) is 3.35. The Bertz CT molecular complexity index is 528. The van der Waals surface area contributed by atoms with E-state index in [1.165, 1.54) is 5.52 Å². The van der Waals surface area contributed by atoms with E-state index in [2.05, 4.69) is 43.5 Å². The minimum absolute atomic E-state index is 0.201. The Kier molecular flexibility index (Phi) is 4.59. The molecule has 3 nitrogen and oxygen atoms in total. The lowest BCUT2D eigenvalue weighted by molar-refractivity contribution is 0.479. The van der Waals surface area contributed by atoms with E-state index in [1.807, 2.05) is 6.07 Å². The van der Waals surface area contributed by atoms with Crippen molar-refractivity contribution in [3.05, 3.63) is 30.1 Å². The van der Waals surface area contributed by atoms with Crippen LogP contribution in [-0.2, 0) is 13.0 Å². The normalized spacial score (nSPS) is 13.3. The minimum Gasteiger partial charge on any atom is -0.328 e. The third-order valence-corrected chi connectivity index (χ3v) is 3.40. The maximum atomic E-state index is 6.24. The first-order chi connectivity index (χ1) is 9.11. The van der Waals surface area contributed by atoms with Gasteiger partial charge in [-0.25, -0.2) is 4.98 Å². The molecule has 0 fully saturated rings. The van der Waals surface area contributed by atoms with Crippen molar-refractivity contribution in [2.24, 2.45) is 11.7 Å². The molecule has 0 saturated heterocycles. The molecular formula is C16H25N3. The van der Waals surface area contributed by atoms with Gasteiger partial charge in [-0.1, -0.05) is 32.9 Å². The molecule has 104 valence electrons. The van der Waals surface area contributed by atoms with Gasteiger partial charge in [-0.3, -0.25) is 0 Å². The molecule has 0 aliphatic heterocycles. The number of para-hydroxylation sites is 2. The van der Waals surface area contributed by atoms with Crippen LogP contribution in [0.5, 0.6) is 0 Å². The summed E-state index contributed by atoms with van der Waals surface area (Å²) >= 11 is 0. The van der Waals surface area contributed by atoms with E-state index in [4.69, 9.17) is 10.7 Å². The fourth-order valence-electron chi connectivity index (χ4n) is 2.68. The second-order valence-corrected chi connectivity index (χ2v) is 5.76. The molecule has 0 aliphatic rings. The Morgan fingerprint density at radius 1 is 1.26 bits per heavy atom. The summed E-state index contributed by atoms with van der Waals surface area (Å²) in [5.41, 5.74) is 8.56. The van der Waals surface area contributed by atoms with Crippen molar-refractivity contribution in [1.82, 2.24) is 9.55 Å². The summed E-state index contributed by atoms with van der Waals surface area (Å²) in [5.74, 6) is 1.77. The van der Waals surface area contributed by atoms with Crippen LogP contribution in [0.3, 0.4) is 0 Å². The molecule has 1 aromatic heterocycles. The van der Waals surface area contributed by atoms with Gasteiger partial charge in [-0.2, -0.15) is 0 Å². The number of imidazole rings is 1. The average Bonchev–Trinajstić information content (AvgIpc) is 2.67. The summed E-state index contributed by atoms with van der Waals surface area (Å²) in [6.07, 6.45) is 3.04. The number of aromatic nitrogens is 2. The molecule has 0 amide bonds. The maximum Gasteiger partial charge on any atom is 0.111 e. The lowest BCUT2D eigenvalue weighted by Crippen LogP contribution is -2.26. The Labute approximate surface area is 115 Å². The number of nitrogens with zero attached hydrogens (tertiary/aromatic N) is 2. The predicted molar refractivity (Wildman–Crippen MR) is 81.2 cm³/mol. The topological polar surface area (TPSA) is 43.8 Å². The fraction of sp³-hybridized carbons (Fsp3) is 0.562. The highest BCUT2D eigenvalue weighted by Crippen LogP contribution is 2.18. The molecule has 1 unspecified atom stereocenters. The van der Waals surface area contributed by atoms with Crippen molar-refractivity contribution < 1.29 is 0 Å². The van der Waals surface area contributed by atoms with Crippen LogP contribution in [-0.4, -0.2) is 15.6 Å². The van der Waals surface area contributed by atoms with Gasteiger partial charge in [0, 0.05) is 19.0 Å². The van der Waals surface area contributed by atoms with Crippen molar-refractivity contribution >= 4 is 11.0 Å². The Morgan fingerprint density at radius 2 is 2.00 bits per heavy atom. The Hall–Kier alpha value is -1.35. The van der Waals surface area contributed by atoms with E-state index < -0.39 is 0 Å². The number of benzene rings is 1. The van der Waals surface area contributed by atoms with Gasteiger partial charge in [0.15, 0.2) is 0 Å². The van der Waals surface area contributed by atoms with Gasteiger partial charge in [0.2, 0.25) is 0 Å². The first-order valence-corrected chi connectivity index (χ1v) is 7.31. The van der Waals surface area contributed by atoms with E-state index >= 15 is 0 Å². The highest BCUT2D eigenvalue weighted by atomic mass is 15.1. The zero-order valence-corrected chi connectivity index (χ0v) is 12.3. The van der Waals surface area contributed by atoms with Crippen LogP contribution in [0.1, 0.15) is 39.4 Å². The molecule has 0 bridgehead atoms. The first-order valence-electron chi connectivity index (χ1n) is 7.31. The third-order valence-electron chi connectivity index (χ3n) is 3.40. The molecule has 0 saturated carbocycles. The first kappa shape index (κ1) is 14.1. The summed E-state index contributed by atoms with van der Waals surface area (Å²) in [5, 5.41) is 0. The molecule has 2 aromatic rings. The van der Waals surface area contributed by atoms with E-state index in [-0.39, 0.29) is 6.04 Å². The summed E-state index contributed by atoms with van der Waals surface area (Å²) in [4.78, 5) is 4.76. The van der Waals surface area contributed by atoms with Crippen LogP contribution < -0.4 is 5.73 Å². The van der Waals surface area contributed by atoms with E-state index in [0.29, 0.717) is 5.92 Å². The molecule has 2 N–H and O–H groups in total. The Morgan fingerprint density at radius 3 is 2.68 bits per heavy atom. The van der Waals surface area contributed by atoms with Gasteiger partial charge >= 0.3 is 0 Å². The second kappa shape index (κ2) is 6.20. The van der Waals surface area contributed by atoms with Crippen molar-refractivity contribution in [3.63, 3.8) is 0 Å². The molecule has 0 aliphatic carbocycles. The van der Waals surface area contributed by atoms with E-state index in [1.54, 1.807) is 0 Å². The zero-order chi connectivity index (χ0) is 13.8. The molecular weight excluding hydrogens is 234 g/mol. The number of hydrogen-bond donors (Lipinski definition) is 1. The van der Waals surface area contributed by atoms with Gasteiger partial charge in [0.25, 0.3) is 0 Å². The van der Waals surface area contributed by atoms with Gasteiger partial charge in [0.05, 0.1) is 11.0 Å². The summed E-state index contributed by atoms with van der Waals surface area (Å²) in [6.45, 7) is 7.65. The van der Waals surface area contributed by atoms with Crippen LogP contribution in [0.15, 0.2) is 24.3 Å². The summed E-state index contributed by atoms with van der Waals surface area (Å²) < 4.78 is 2.33. The molecule has 0 spiro atoms. The van der Waals surface area contributed by atoms with Crippen LogP contribution in [0.25, 0.3) is 11.0 Å². The lowest BCUT2D eigenvalue weighted by atomic mass is 10.0. The van der Waals surface area contributed by atoms with Gasteiger partial charge in [0.1, 0.15) is 5.82 Å². The van der Waals surface area contributed by atoms with Crippen molar-refractivity contribution in [1.29, 1.82) is 0 Å². The van der Waals surface area contributed by atoms with Crippen LogP contribution in [0.2, 0.25) is 0 Å². The van der Waals surface area contributed by atoms with Crippen LogP contribution in [0.4, 0.5) is 0 Å². The highest BCUT2D eigenvalue weighted by molar-refractivity contribution is 5.75. The number of rotatable bonds is 6. The predicted octanol–water partition coefficient (Wildman–Crippen LogP) is 3.36. The summed E-state index contributed by atoms with van der Waals surface area (Å²) in [7, 11) is 0. The van der Waals surface area contributed by atoms with Gasteiger partial charge in [-0.15, -0.1) is 0 Å². The zero-order valence-electron chi connectivity index (χ0n) is 12.3. The van der Waals surface area contributed by atoms with Crippen LogP contribution >= 0.6 is 0 Å². The SMILES string of the molecule is CCCn1c(CC(N)CC(C)C)nc2ccccc21. The molecule has 1 aromatic carbocycles. The summed E-state index contributed by atoms with van der Waals surface area (Å²) in [6, 6.07) is 8.55. The second-order valence-electron chi connectivity index (χ2n) is 5.76. The molecule has 1 heterocycles. The fourth-order valence-corrected chi connectivity index (χ4v) is 2.68. The van der Waals surface area contributed by atoms with E-state index in [9.17, 15) is 0 Å².